The molecule has 3 aromatic rings. The van der Waals surface area contributed by atoms with Crippen molar-refractivity contribution < 1.29 is 23.5 Å². The molecule has 3 rings (SSSR count). The molecule has 144 valence electrons. The lowest BCUT2D eigenvalue weighted by Gasteiger charge is -2.17. The Hall–Kier alpha value is -3.61. The number of carbonyl (C=O) groups excluding carboxylic acids is 3. The standard InChI is InChI=1S/C21H20N2O5/c1-13-8-9-16-15(12-27-17(16)10-13)11-18(24)28-19(14-6-4-3-5-7-14)20(25)23-21(26)22-2/h3-10,12,19H,11H2,1-2H3,(H2,22,23,25,26)/t19-/m1/s1. The van der Waals surface area contributed by atoms with Crippen LogP contribution in [0.25, 0.3) is 11.0 Å². The van der Waals surface area contributed by atoms with Gasteiger partial charge in [0.2, 0.25) is 6.10 Å². The Morgan fingerprint density at radius 2 is 1.86 bits per heavy atom. The van der Waals surface area contributed by atoms with Gasteiger partial charge in [0.1, 0.15) is 5.58 Å². The van der Waals surface area contributed by atoms with Crippen molar-refractivity contribution in [1.29, 1.82) is 0 Å². The third-order valence-corrected chi connectivity index (χ3v) is 4.20. The summed E-state index contributed by atoms with van der Waals surface area (Å²) in [5, 5.41) is 5.25. The summed E-state index contributed by atoms with van der Waals surface area (Å²) in [6.45, 7) is 1.95. The van der Waals surface area contributed by atoms with E-state index in [1.165, 1.54) is 13.3 Å². The quantitative estimate of drug-likeness (QED) is 0.663. The molecular weight excluding hydrogens is 360 g/mol. The molecule has 28 heavy (non-hydrogen) atoms. The minimum absolute atomic E-state index is 0.0628. The number of ether oxygens (including phenoxy) is 1. The maximum absolute atomic E-state index is 12.5. The lowest BCUT2D eigenvalue weighted by molar-refractivity contribution is -0.155. The smallest absolute Gasteiger partial charge is 0.321 e. The molecule has 2 aromatic carbocycles. The van der Waals surface area contributed by atoms with Crippen LogP contribution in [0.5, 0.6) is 0 Å². The molecule has 0 spiro atoms. The van der Waals surface area contributed by atoms with Crippen molar-refractivity contribution in [2.75, 3.05) is 7.05 Å². The van der Waals surface area contributed by atoms with Crippen LogP contribution in [0.4, 0.5) is 4.79 Å². The van der Waals surface area contributed by atoms with E-state index in [1.807, 2.05) is 25.1 Å². The second kappa shape index (κ2) is 8.39. The average molecular weight is 380 g/mol. The molecule has 0 fully saturated rings. The van der Waals surface area contributed by atoms with Crippen LogP contribution in [0.3, 0.4) is 0 Å². The highest BCUT2D eigenvalue weighted by molar-refractivity contribution is 5.98. The van der Waals surface area contributed by atoms with Crippen LogP contribution in [0, 0.1) is 6.92 Å². The summed E-state index contributed by atoms with van der Waals surface area (Å²) in [5.74, 6) is -1.34. The molecule has 1 atom stereocenters. The lowest BCUT2D eigenvalue weighted by atomic mass is 10.1. The van der Waals surface area contributed by atoms with Gasteiger partial charge >= 0.3 is 12.0 Å². The van der Waals surface area contributed by atoms with Gasteiger partial charge in [-0.15, -0.1) is 0 Å². The number of rotatable bonds is 5. The molecule has 0 aliphatic rings. The van der Waals surface area contributed by atoms with Crippen LogP contribution in [0.2, 0.25) is 0 Å². The first-order chi connectivity index (χ1) is 13.5. The zero-order valence-electron chi connectivity index (χ0n) is 15.5. The summed E-state index contributed by atoms with van der Waals surface area (Å²) in [6, 6.07) is 13.5. The van der Waals surface area contributed by atoms with Crippen molar-refractivity contribution in [2.24, 2.45) is 0 Å². The second-order valence-electron chi connectivity index (χ2n) is 6.29. The molecule has 2 N–H and O–H groups in total. The van der Waals surface area contributed by atoms with Crippen molar-refractivity contribution in [3.8, 4) is 0 Å². The summed E-state index contributed by atoms with van der Waals surface area (Å²) < 4.78 is 10.9. The summed E-state index contributed by atoms with van der Waals surface area (Å²) in [5.41, 5.74) is 2.86. The van der Waals surface area contributed by atoms with E-state index in [-0.39, 0.29) is 6.42 Å². The number of aryl methyl sites for hydroxylation is 1. The highest BCUT2D eigenvalue weighted by atomic mass is 16.5. The van der Waals surface area contributed by atoms with E-state index in [9.17, 15) is 14.4 Å². The minimum Gasteiger partial charge on any atom is -0.464 e. The molecule has 7 nitrogen and oxygen atoms in total. The van der Waals surface area contributed by atoms with Gasteiger partial charge in [0.15, 0.2) is 0 Å². The van der Waals surface area contributed by atoms with E-state index in [2.05, 4.69) is 10.6 Å². The zero-order chi connectivity index (χ0) is 20.1. The third-order valence-electron chi connectivity index (χ3n) is 4.20. The number of nitrogens with one attached hydrogen (secondary N) is 2. The number of urea groups is 1. The Labute approximate surface area is 161 Å². The van der Waals surface area contributed by atoms with Crippen molar-refractivity contribution in [2.45, 2.75) is 19.4 Å². The molecular formula is C21H20N2O5. The second-order valence-corrected chi connectivity index (χ2v) is 6.29. The van der Waals surface area contributed by atoms with Gasteiger partial charge in [-0.2, -0.15) is 0 Å². The molecule has 0 radical (unpaired) electrons. The molecule has 7 heteroatoms. The number of furan rings is 1. The summed E-state index contributed by atoms with van der Waals surface area (Å²) in [6.07, 6.45) is 0.201. The number of hydrogen-bond donors (Lipinski definition) is 2. The van der Waals surface area contributed by atoms with Gasteiger partial charge < -0.3 is 14.5 Å². The van der Waals surface area contributed by atoms with Crippen LogP contribution in [-0.2, 0) is 20.7 Å². The van der Waals surface area contributed by atoms with E-state index >= 15 is 0 Å². The van der Waals surface area contributed by atoms with Crippen LogP contribution in [0.1, 0.15) is 22.8 Å². The molecule has 0 unspecified atom stereocenters. The molecule has 1 heterocycles. The Morgan fingerprint density at radius 3 is 2.57 bits per heavy atom. The van der Waals surface area contributed by atoms with Crippen molar-refractivity contribution >= 4 is 28.9 Å². The maximum atomic E-state index is 12.5. The summed E-state index contributed by atoms with van der Waals surface area (Å²) >= 11 is 0. The maximum Gasteiger partial charge on any atom is 0.321 e. The molecule has 3 amide bonds. The number of benzene rings is 2. The Morgan fingerprint density at radius 1 is 1.11 bits per heavy atom. The predicted octanol–water partition coefficient (Wildman–Crippen LogP) is 3.02. The molecule has 0 saturated heterocycles. The summed E-state index contributed by atoms with van der Waals surface area (Å²) in [4.78, 5) is 36.4. The number of esters is 1. The topological polar surface area (TPSA) is 97.6 Å². The molecule has 1 aromatic heterocycles. The van der Waals surface area contributed by atoms with Gasteiger partial charge in [-0.25, -0.2) is 4.79 Å². The number of hydrogen-bond acceptors (Lipinski definition) is 5. The average Bonchev–Trinajstić information content (AvgIpc) is 3.08. The zero-order valence-corrected chi connectivity index (χ0v) is 15.5. The predicted molar refractivity (Wildman–Crippen MR) is 103 cm³/mol. The minimum atomic E-state index is -1.24. The van der Waals surface area contributed by atoms with Gasteiger partial charge in [-0.1, -0.05) is 42.5 Å². The fourth-order valence-corrected chi connectivity index (χ4v) is 2.80. The molecule has 0 aliphatic heterocycles. The van der Waals surface area contributed by atoms with E-state index in [4.69, 9.17) is 9.15 Å². The SMILES string of the molecule is CNC(=O)NC(=O)[C@H](OC(=O)Cc1coc2cc(C)ccc12)c1ccccc1. The van der Waals surface area contributed by atoms with Gasteiger partial charge in [0.05, 0.1) is 12.7 Å². The highest BCUT2D eigenvalue weighted by Crippen LogP contribution is 2.24. The number of amides is 3. The molecule has 0 saturated carbocycles. The molecule has 0 aliphatic carbocycles. The van der Waals surface area contributed by atoms with Crippen molar-refractivity contribution in [3.05, 3.63) is 71.5 Å². The van der Waals surface area contributed by atoms with Crippen molar-refractivity contribution in [1.82, 2.24) is 10.6 Å². The van der Waals surface area contributed by atoms with Crippen LogP contribution < -0.4 is 10.6 Å². The van der Waals surface area contributed by atoms with Crippen LogP contribution in [-0.4, -0.2) is 25.0 Å². The highest BCUT2D eigenvalue weighted by Gasteiger charge is 2.26. The Balaban J connectivity index is 1.78. The Bertz CT molecular complexity index is 1010. The van der Waals surface area contributed by atoms with E-state index in [1.54, 1.807) is 30.3 Å². The van der Waals surface area contributed by atoms with Gasteiger partial charge in [-0.05, 0) is 18.6 Å². The third kappa shape index (κ3) is 4.37. The van der Waals surface area contributed by atoms with Crippen LogP contribution in [0.15, 0.2) is 59.2 Å². The summed E-state index contributed by atoms with van der Waals surface area (Å²) in [7, 11) is 1.39. The van der Waals surface area contributed by atoms with Crippen LogP contribution >= 0.6 is 0 Å². The molecule has 0 bridgehead atoms. The van der Waals surface area contributed by atoms with E-state index in [0.29, 0.717) is 16.7 Å². The fraction of sp³-hybridized carbons (Fsp3) is 0.190. The number of fused-ring (bicyclic) bond motifs is 1. The first kappa shape index (κ1) is 19.2. The Kier molecular flexibility index (Phi) is 5.74. The van der Waals surface area contributed by atoms with Gasteiger partial charge in [-0.3, -0.25) is 14.9 Å². The van der Waals surface area contributed by atoms with E-state index < -0.39 is 24.0 Å². The normalized spacial score (nSPS) is 11.6. The largest absolute Gasteiger partial charge is 0.464 e. The lowest BCUT2D eigenvalue weighted by Crippen LogP contribution is -2.41. The van der Waals surface area contributed by atoms with Gasteiger partial charge in [0, 0.05) is 23.6 Å². The van der Waals surface area contributed by atoms with Crippen molar-refractivity contribution in [3.63, 3.8) is 0 Å². The number of imide groups is 1. The number of carbonyl (C=O) groups is 3. The first-order valence-corrected chi connectivity index (χ1v) is 8.71. The first-order valence-electron chi connectivity index (χ1n) is 8.71. The van der Waals surface area contributed by atoms with E-state index in [0.717, 1.165) is 10.9 Å². The monoisotopic (exact) mass is 380 g/mol. The fourth-order valence-electron chi connectivity index (χ4n) is 2.80. The van der Waals surface area contributed by atoms with Gasteiger partial charge in [0.25, 0.3) is 5.91 Å².